The second-order valence-electron chi connectivity index (χ2n) is 7.65. The van der Waals surface area contributed by atoms with Gasteiger partial charge in [0.2, 0.25) is 0 Å². The minimum Gasteiger partial charge on any atom is -0.494 e. The third-order valence-electron chi connectivity index (χ3n) is 5.42. The first-order chi connectivity index (χ1) is 16.2. The standard InChI is InChI=1S/C25H21ClFN3O3S/c1-4-33-19-7-5-6-17(12-19)30-24(32)20(23(31)28-25(30)34)11-16-10-14(2)29(15(16)3)18-8-9-22(27)21(26)13-18/h5-13H,4H2,1-3H3,(H,28,31,34)/b20-11+. The van der Waals surface area contributed by atoms with E-state index < -0.39 is 17.6 Å². The second-order valence-corrected chi connectivity index (χ2v) is 8.44. The first kappa shape index (κ1) is 23.7. The molecule has 0 bridgehead atoms. The van der Waals surface area contributed by atoms with Crippen molar-refractivity contribution < 1.29 is 18.7 Å². The molecule has 2 amide bonds. The monoisotopic (exact) mass is 497 g/mol. The molecule has 0 aliphatic carbocycles. The van der Waals surface area contributed by atoms with E-state index in [2.05, 4.69) is 5.32 Å². The highest BCUT2D eigenvalue weighted by Gasteiger charge is 2.35. The predicted molar refractivity (Wildman–Crippen MR) is 134 cm³/mol. The summed E-state index contributed by atoms with van der Waals surface area (Å²) in [5, 5.41) is 2.59. The number of benzene rings is 2. The fourth-order valence-electron chi connectivity index (χ4n) is 3.88. The van der Waals surface area contributed by atoms with Crippen molar-refractivity contribution in [1.82, 2.24) is 9.88 Å². The molecule has 1 saturated heterocycles. The van der Waals surface area contributed by atoms with Crippen LogP contribution in [-0.2, 0) is 9.59 Å². The van der Waals surface area contributed by atoms with Crippen LogP contribution in [0.1, 0.15) is 23.9 Å². The van der Waals surface area contributed by atoms with Gasteiger partial charge < -0.3 is 9.30 Å². The molecular formula is C25H21ClFN3O3S. The van der Waals surface area contributed by atoms with Gasteiger partial charge in [-0.25, -0.2) is 4.39 Å². The molecule has 174 valence electrons. The van der Waals surface area contributed by atoms with E-state index >= 15 is 0 Å². The number of aryl methyl sites for hydroxylation is 1. The third-order valence-corrected chi connectivity index (χ3v) is 5.99. The van der Waals surface area contributed by atoms with Gasteiger partial charge in [0, 0.05) is 23.1 Å². The summed E-state index contributed by atoms with van der Waals surface area (Å²) >= 11 is 11.2. The number of anilines is 1. The predicted octanol–water partition coefficient (Wildman–Crippen LogP) is 5.12. The number of nitrogens with zero attached hydrogens (tertiary/aromatic N) is 2. The fraction of sp³-hybridized carbons (Fsp3) is 0.160. The van der Waals surface area contributed by atoms with Crippen molar-refractivity contribution in [3.63, 3.8) is 0 Å². The molecule has 34 heavy (non-hydrogen) atoms. The van der Waals surface area contributed by atoms with Crippen LogP contribution in [0.25, 0.3) is 11.8 Å². The summed E-state index contributed by atoms with van der Waals surface area (Å²) in [5.74, 6) is -1.05. The van der Waals surface area contributed by atoms with Crippen molar-refractivity contribution in [3.05, 3.63) is 81.9 Å². The van der Waals surface area contributed by atoms with Crippen molar-refractivity contribution in [2.24, 2.45) is 0 Å². The van der Waals surface area contributed by atoms with Crippen molar-refractivity contribution in [3.8, 4) is 11.4 Å². The number of carbonyl (C=O) groups excluding carboxylic acids is 2. The topological polar surface area (TPSA) is 63.6 Å². The van der Waals surface area contributed by atoms with Gasteiger partial charge in [-0.1, -0.05) is 17.7 Å². The van der Waals surface area contributed by atoms with Gasteiger partial charge in [-0.15, -0.1) is 0 Å². The second kappa shape index (κ2) is 9.40. The van der Waals surface area contributed by atoms with Crippen molar-refractivity contribution >= 4 is 52.5 Å². The molecule has 0 spiro atoms. The molecule has 1 N–H and O–H groups in total. The molecule has 2 aromatic carbocycles. The Kier molecular flexibility index (Phi) is 6.54. The van der Waals surface area contributed by atoms with Gasteiger partial charge in [0.1, 0.15) is 17.1 Å². The molecule has 0 radical (unpaired) electrons. The van der Waals surface area contributed by atoms with E-state index in [1.54, 1.807) is 30.3 Å². The van der Waals surface area contributed by atoms with Gasteiger partial charge in [0.15, 0.2) is 5.11 Å². The number of halogens is 2. The van der Waals surface area contributed by atoms with E-state index in [-0.39, 0.29) is 15.7 Å². The lowest BCUT2D eigenvalue weighted by Gasteiger charge is -2.29. The molecule has 0 unspecified atom stereocenters. The van der Waals surface area contributed by atoms with Crippen LogP contribution in [0.4, 0.5) is 10.1 Å². The lowest BCUT2D eigenvalue weighted by Crippen LogP contribution is -2.54. The first-order valence-corrected chi connectivity index (χ1v) is 11.3. The fourth-order valence-corrected chi connectivity index (χ4v) is 4.34. The molecule has 6 nitrogen and oxygen atoms in total. The average molecular weight is 498 g/mol. The van der Waals surface area contributed by atoms with Gasteiger partial charge >= 0.3 is 0 Å². The normalized spacial score (nSPS) is 15.1. The average Bonchev–Trinajstić information content (AvgIpc) is 3.06. The molecule has 2 heterocycles. The lowest BCUT2D eigenvalue weighted by atomic mass is 10.1. The van der Waals surface area contributed by atoms with E-state index in [0.717, 1.165) is 11.4 Å². The van der Waals surface area contributed by atoms with Crippen LogP contribution in [0.5, 0.6) is 5.75 Å². The van der Waals surface area contributed by atoms with E-state index in [9.17, 15) is 14.0 Å². The van der Waals surface area contributed by atoms with E-state index in [1.807, 2.05) is 31.4 Å². The summed E-state index contributed by atoms with van der Waals surface area (Å²) in [4.78, 5) is 27.4. The molecule has 0 saturated carbocycles. The van der Waals surface area contributed by atoms with E-state index in [4.69, 9.17) is 28.6 Å². The van der Waals surface area contributed by atoms with Gasteiger partial charge in [-0.05, 0) is 81.0 Å². The number of thiocarbonyl (C=S) groups is 1. The number of hydrogen-bond acceptors (Lipinski definition) is 4. The smallest absolute Gasteiger partial charge is 0.270 e. The zero-order valence-electron chi connectivity index (χ0n) is 18.7. The molecule has 1 aromatic heterocycles. The summed E-state index contributed by atoms with van der Waals surface area (Å²) in [6.45, 7) is 6.05. The van der Waals surface area contributed by atoms with Crippen LogP contribution < -0.4 is 15.0 Å². The Balaban J connectivity index is 1.74. The number of hydrogen-bond donors (Lipinski definition) is 1. The largest absolute Gasteiger partial charge is 0.494 e. The zero-order chi connectivity index (χ0) is 24.6. The highest BCUT2D eigenvalue weighted by Crippen LogP contribution is 2.29. The van der Waals surface area contributed by atoms with E-state index in [1.165, 1.54) is 23.1 Å². The Morgan fingerprint density at radius 3 is 2.59 bits per heavy atom. The van der Waals surface area contributed by atoms with Gasteiger partial charge in [-0.2, -0.15) is 0 Å². The van der Waals surface area contributed by atoms with Crippen LogP contribution in [0.2, 0.25) is 5.02 Å². The molecule has 1 aliphatic heterocycles. The van der Waals surface area contributed by atoms with Gasteiger partial charge in [-0.3, -0.25) is 19.8 Å². The highest BCUT2D eigenvalue weighted by atomic mass is 35.5. The summed E-state index contributed by atoms with van der Waals surface area (Å²) in [5.41, 5.74) is 3.33. The number of rotatable bonds is 5. The Morgan fingerprint density at radius 2 is 1.88 bits per heavy atom. The van der Waals surface area contributed by atoms with E-state index in [0.29, 0.717) is 29.3 Å². The first-order valence-electron chi connectivity index (χ1n) is 10.5. The van der Waals surface area contributed by atoms with Crippen LogP contribution >= 0.6 is 23.8 Å². The number of ether oxygens (including phenoxy) is 1. The summed E-state index contributed by atoms with van der Waals surface area (Å²) in [6.07, 6.45) is 1.53. The molecule has 1 aliphatic rings. The Bertz CT molecular complexity index is 1370. The maximum absolute atomic E-state index is 13.6. The SMILES string of the molecule is CCOc1cccc(N2C(=O)/C(=C/c3cc(C)n(-c4ccc(F)c(Cl)c4)c3C)C(=O)NC2=S)c1. The van der Waals surface area contributed by atoms with Crippen molar-refractivity contribution in [1.29, 1.82) is 0 Å². The number of nitrogens with one attached hydrogen (secondary N) is 1. The van der Waals surface area contributed by atoms with Crippen LogP contribution in [-0.4, -0.2) is 28.1 Å². The lowest BCUT2D eigenvalue weighted by molar-refractivity contribution is -0.122. The number of carbonyl (C=O) groups is 2. The zero-order valence-corrected chi connectivity index (χ0v) is 20.3. The number of amides is 2. The Labute approximate surface area is 206 Å². The third kappa shape index (κ3) is 4.34. The Morgan fingerprint density at radius 1 is 1.12 bits per heavy atom. The maximum atomic E-state index is 13.6. The summed E-state index contributed by atoms with van der Waals surface area (Å²) in [6, 6.07) is 13.2. The molecule has 3 aromatic rings. The van der Waals surface area contributed by atoms with Crippen LogP contribution in [0, 0.1) is 19.7 Å². The summed E-state index contributed by atoms with van der Waals surface area (Å²) < 4.78 is 21.0. The quantitative estimate of drug-likeness (QED) is 0.302. The number of aromatic nitrogens is 1. The molecular weight excluding hydrogens is 477 g/mol. The van der Waals surface area contributed by atoms with Gasteiger partial charge in [0.05, 0.1) is 17.3 Å². The molecule has 4 rings (SSSR count). The maximum Gasteiger partial charge on any atom is 0.270 e. The van der Waals surface area contributed by atoms with Crippen molar-refractivity contribution in [2.75, 3.05) is 11.5 Å². The van der Waals surface area contributed by atoms with Crippen molar-refractivity contribution in [2.45, 2.75) is 20.8 Å². The van der Waals surface area contributed by atoms with Crippen LogP contribution in [0.15, 0.2) is 54.1 Å². The molecule has 1 fully saturated rings. The molecule has 9 heteroatoms. The van der Waals surface area contributed by atoms with Gasteiger partial charge in [0.25, 0.3) is 11.8 Å². The minimum absolute atomic E-state index is 0.00479. The Hall–Kier alpha value is -3.49. The minimum atomic E-state index is -0.582. The highest BCUT2D eigenvalue weighted by molar-refractivity contribution is 7.80. The summed E-state index contributed by atoms with van der Waals surface area (Å²) in [7, 11) is 0. The van der Waals surface area contributed by atoms with Crippen LogP contribution in [0.3, 0.4) is 0 Å². The molecule has 0 atom stereocenters.